The van der Waals surface area contributed by atoms with Gasteiger partial charge in [-0.15, -0.1) is 0 Å². The molecule has 2 amide bonds. The minimum Gasteiger partial charge on any atom is -0.363 e. The van der Waals surface area contributed by atoms with Gasteiger partial charge in [-0.25, -0.2) is 4.98 Å². The number of hydrogen-bond acceptors (Lipinski definition) is 4. The first-order valence-corrected chi connectivity index (χ1v) is 10.3. The van der Waals surface area contributed by atoms with Gasteiger partial charge in [0.05, 0.1) is 23.0 Å². The fourth-order valence-electron chi connectivity index (χ4n) is 3.09. The van der Waals surface area contributed by atoms with Gasteiger partial charge in [-0.05, 0) is 35.4 Å². The molecule has 3 rings (SSSR count). The summed E-state index contributed by atoms with van der Waals surface area (Å²) in [5, 5.41) is 6.24. The molecule has 0 radical (unpaired) electrons. The molecule has 0 saturated carbocycles. The fourth-order valence-corrected chi connectivity index (χ4v) is 3.31. The quantitative estimate of drug-likeness (QED) is 0.560. The Labute approximate surface area is 187 Å². The normalized spacial score (nSPS) is 11.5. The lowest BCUT2D eigenvalue weighted by Crippen LogP contribution is -2.33. The summed E-state index contributed by atoms with van der Waals surface area (Å²) in [5.74, 6) is 0.328. The SMILES string of the molecule is CN(C)c1cc(CNC(=O)CC(NC(=O)c2ccccc2Cl)c2ccccc2)ccn1. The third-order valence-electron chi connectivity index (χ3n) is 4.77. The average molecular weight is 437 g/mol. The molecule has 1 heterocycles. The highest BCUT2D eigenvalue weighted by Gasteiger charge is 2.20. The van der Waals surface area contributed by atoms with E-state index in [0.717, 1.165) is 16.9 Å². The molecule has 0 spiro atoms. The molecule has 6 nitrogen and oxygen atoms in total. The van der Waals surface area contributed by atoms with Gasteiger partial charge in [0, 0.05) is 26.8 Å². The van der Waals surface area contributed by atoms with Crippen LogP contribution >= 0.6 is 11.6 Å². The van der Waals surface area contributed by atoms with Crippen LogP contribution in [0.1, 0.15) is 33.9 Å². The van der Waals surface area contributed by atoms with E-state index >= 15 is 0 Å². The van der Waals surface area contributed by atoms with Crippen molar-refractivity contribution in [2.24, 2.45) is 0 Å². The number of pyridine rings is 1. The van der Waals surface area contributed by atoms with Crippen LogP contribution in [0.2, 0.25) is 5.02 Å². The van der Waals surface area contributed by atoms with E-state index in [0.29, 0.717) is 17.1 Å². The lowest BCUT2D eigenvalue weighted by atomic mass is 10.0. The molecule has 0 saturated heterocycles. The molecule has 0 aliphatic carbocycles. The lowest BCUT2D eigenvalue weighted by Gasteiger charge is -2.20. The highest BCUT2D eigenvalue weighted by Crippen LogP contribution is 2.20. The molecule has 1 atom stereocenters. The van der Waals surface area contributed by atoms with Gasteiger partial charge in [0.2, 0.25) is 5.91 Å². The topological polar surface area (TPSA) is 74.3 Å². The Bertz CT molecular complexity index is 1040. The second kappa shape index (κ2) is 10.6. The van der Waals surface area contributed by atoms with E-state index in [1.54, 1.807) is 30.5 Å². The Morgan fingerprint density at radius 3 is 2.45 bits per heavy atom. The maximum absolute atomic E-state index is 12.8. The Kier molecular flexibility index (Phi) is 7.62. The van der Waals surface area contributed by atoms with E-state index in [1.807, 2.05) is 61.5 Å². The highest BCUT2D eigenvalue weighted by molar-refractivity contribution is 6.33. The number of nitrogens with one attached hydrogen (secondary N) is 2. The third-order valence-corrected chi connectivity index (χ3v) is 5.10. The Morgan fingerprint density at radius 2 is 1.74 bits per heavy atom. The van der Waals surface area contributed by atoms with Crippen molar-refractivity contribution in [3.8, 4) is 0 Å². The summed E-state index contributed by atoms with van der Waals surface area (Å²) >= 11 is 6.16. The standard InChI is InChI=1S/C24H25ClN4O2/c1-29(2)22-14-17(12-13-26-22)16-27-23(30)15-21(18-8-4-3-5-9-18)28-24(31)19-10-6-7-11-20(19)25/h3-14,21H,15-16H2,1-2H3,(H,27,30)(H,28,31). The van der Waals surface area contributed by atoms with Gasteiger partial charge in [0.15, 0.2) is 0 Å². The third kappa shape index (κ3) is 6.30. The van der Waals surface area contributed by atoms with Crippen LogP contribution in [0.3, 0.4) is 0 Å². The summed E-state index contributed by atoms with van der Waals surface area (Å²) in [6.07, 6.45) is 1.82. The minimum absolute atomic E-state index is 0.103. The highest BCUT2D eigenvalue weighted by atomic mass is 35.5. The first kappa shape index (κ1) is 22.3. The first-order chi connectivity index (χ1) is 14.9. The molecule has 31 heavy (non-hydrogen) atoms. The maximum Gasteiger partial charge on any atom is 0.253 e. The zero-order chi connectivity index (χ0) is 22.2. The number of amides is 2. The zero-order valence-electron chi connectivity index (χ0n) is 17.5. The number of carbonyl (C=O) groups excluding carboxylic acids is 2. The van der Waals surface area contributed by atoms with Gasteiger partial charge >= 0.3 is 0 Å². The minimum atomic E-state index is -0.486. The van der Waals surface area contributed by atoms with Crippen LogP contribution in [0.25, 0.3) is 0 Å². The first-order valence-electron chi connectivity index (χ1n) is 9.93. The number of aromatic nitrogens is 1. The molecule has 0 bridgehead atoms. The van der Waals surface area contributed by atoms with Gasteiger partial charge in [-0.1, -0.05) is 54.1 Å². The van der Waals surface area contributed by atoms with Crippen molar-refractivity contribution < 1.29 is 9.59 Å². The van der Waals surface area contributed by atoms with E-state index in [4.69, 9.17) is 11.6 Å². The summed E-state index contributed by atoms with van der Waals surface area (Å²) in [4.78, 5) is 31.6. The van der Waals surface area contributed by atoms with Gasteiger partial charge < -0.3 is 15.5 Å². The molecule has 7 heteroatoms. The van der Waals surface area contributed by atoms with Crippen molar-refractivity contribution in [3.63, 3.8) is 0 Å². The van der Waals surface area contributed by atoms with Crippen LogP contribution in [-0.2, 0) is 11.3 Å². The number of anilines is 1. The molecule has 3 aromatic rings. The predicted octanol–water partition coefficient (Wildman–Crippen LogP) is 3.98. The lowest BCUT2D eigenvalue weighted by molar-refractivity contribution is -0.121. The number of hydrogen-bond donors (Lipinski definition) is 2. The molecule has 160 valence electrons. The largest absolute Gasteiger partial charge is 0.363 e. The number of nitrogens with zero attached hydrogens (tertiary/aromatic N) is 2. The monoisotopic (exact) mass is 436 g/mol. The Balaban J connectivity index is 1.69. The van der Waals surface area contributed by atoms with E-state index in [1.165, 1.54) is 0 Å². The molecule has 2 N–H and O–H groups in total. The second-order valence-corrected chi connectivity index (χ2v) is 7.72. The van der Waals surface area contributed by atoms with Gasteiger partial charge in [0.1, 0.15) is 5.82 Å². The van der Waals surface area contributed by atoms with Crippen LogP contribution in [0.15, 0.2) is 72.9 Å². The summed E-state index contributed by atoms with van der Waals surface area (Å²) in [7, 11) is 3.83. The van der Waals surface area contributed by atoms with Gasteiger partial charge in [0.25, 0.3) is 5.91 Å². The van der Waals surface area contributed by atoms with Crippen LogP contribution in [0.5, 0.6) is 0 Å². The summed E-state index contributed by atoms with van der Waals surface area (Å²) in [6, 6.07) is 19.6. The van der Waals surface area contributed by atoms with Crippen molar-refractivity contribution >= 4 is 29.2 Å². The van der Waals surface area contributed by atoms with E-state index in [-0.39, 0.29) is 18.2 Å². The smallest absolute Gasteiger partial charge is 0.253 e. The zero-order valence-corrected chi connectivity index (χ0v) is 18.3. The Hall–Kier alpha value is -3.38. The molecular weight excluding hydrogens is 412 g/mol. The fraction of sp³-hybridized carbons (Fsp3) is 0.208. The Morgan fingerprint density at radius 1 is 1.03 bits per heavy atom. The van der Waals surface area contributed by atoms with Crippen LogP contribution in [0, 0.1) is 0 Å². The summed E-state index contributed by atoms with van der Waals surface area (Å²) in [6.45, 7) is 0.377. The molecule has 2 aromatic carbocycles. The van der Waals surface area contributed by atoms with Gasteiger partial charge in [-0.3, -0.25) is 9.59 Å². The molecular formula is C24H25ClN4O2. The second-order valence-electron chi connectivity index (χ2n) is 7.31. The summed E-state index contributed by atoms with van der Waals surface area (Å²) in [5.41, 5.74) is 2.17. The number of halogens is 1. The summed E-state index contributed by atoms with van der Waals surface area (Å²) < 4.78 is 0. The number of carbonyl (C=O) groups is 2. The van der Waals surface area contributed by atoms with Gasteiger partial charge in [-0.2, -0.15) is 0 Å². The van der Waals surface area contributed by atoms with Crippen LogP contribution < -0.4 is 15.5 Å². The molecule has 0 fully saturated rings. The van der Waals surface area contributed by atoms with E-state index in [2.05, 4.69) is 15.6 Å². The average Bonchev–Trinajstić information content (AvgIpc) is 2.78. The number of rotatable bonds is 8. The predicted molar refractivity (Wildman–Crippen MR) is 123 cm³/mol. The number of benzene rings is 2. The van der Waals surface area contributed by atoms with E-state index in [9.17, 15) is 9.59 Å². The van der Waals surface area contributed by atoms with Crippen LogP contribution in [-0.4, -0.2) is 30.9 Å². The van der Waals surface area contributed by atoms with Crippen molar-refractivity contribution in [2.75, 3.05) is 19.0 Å². The van der Waals surface area contributed by atoms with Crippen molar-refractivity contribution in [1.82, 2.24) is 15.6 Å². The van der Waals surface area contributed by atoms with E-state index < -0.39 is 6.04 Å². The molecule has 0 aliphatic heterocycles. The van der Waals surface area contributed by atoms with Crippen molar-refractivity contribution in [2.45, 2.75) is 19.0 Å². The molecule has 1 unspecified atom stereocenters. The maximum atomic E-state index is 12.8. The molecule has 0 aliphatic rings. The van der Waals surface area contributed by atoms with Crippen molar-refractivity contribution in [3.05, 3.63) is 94.6 Å². The van der Waals surface area contributed by atoms with Crippen molar-refractivity contribution in [1.29, 1.82) is 0 Å². The molecule has 1 aromatic heterocycles. The van der Waals surface area contributed by atoms with Crippen LogP contribution in [0.4, 0.5) is 5.82 Å².